The largest absolute Gasteiger partial charge is 0.469 e. The lowest BCUT2D eigenvalue weighted by Crippen LogP contribution is -2.13. The minimum absolute atomic E-state index is 0.0615. The Labute approximate surface area is 77.1 Å². The van der Waals surface area contributed by atoms with Crippen LogP contribution in [0.5, 0.6) is 0 Å². The number of allylic oxidation sites excluding steroid dienone is 4. The van der Waals surface area contributed by atoms with Crippen LogP contribution in [0, 0.1) is 5.92 Å². The number of ketones is 1. The van der Waals surface area contributed by atoms with E-state index in [1.165, 1.54) is 13.2 Å². The first-order chi connectivity index (χ1) is 6.24. The maximum atomic E-state index is 11.2. The van der Waals surface area contributed by atoms with Crippen LogP contribution >= 0.6 is 0 Å². The lowest BCUT2D eigenvalue weighted by molar-refractivity contribution is -0.140. The van der Waals surface area contributed by atoms with Gasteiger partial charge < -0.3 is 4.74 Å². The van der Waals surface area contributed by atoms with E-state index in [0.29, 0.717) is 12.8 Å². The number of esters is 1. The quantitative estimate of drug-likeness (QED) is 0.614. The van der Waals surface area contributed by atoms with Crippen LogP contribution in [0.1, 0.15) is 12.8 Å². The van der Waals surface area contributed by atoms with Crippen molar-refractivity contribution in [2.75, 3.05) is 7.11 Å². The number of hydrogen-bond donors (Lipinski definition) is 0. The third-order valence-electron chi connectivity index (χ3n) is 1.97. The number of ether oxygens (including phenoxy) is 1. The third kappa shape index (κ3) is 2.86. The average molecular weight is 180 g/mol. The molecule has 0 spiro atoms. The molecule has 0 saturated heterocycles. The van der Waals surface area contributed by atoms with E-state index in [1.54, 1.807) is 6.08 Å². The summed E-state index contributed by atoms with van der Waals surface area (Å²) in [6.07, 6.45) is 7.70. The van der Waals surface area contributed by atoms with Crippen LogP contribution in [0.15, 0.2) is 24.3 Å². The minimum atomic E-state index is -0.268. The zero-order valence-electron chi connectivity index (χ0n) is 7.53. The Hall–Kier alpha value is -1.38. The third-order valence-corrected chi connectivity index (χ3v) is 1.97. The number of carbonyl (C=O) groups is 2. The van der Waals surface area contributed by atoms with Crippen molar-refractivity contribution in [2.45, 2.75) is 12.8 Å². The summed E-state index contributed by atoms with van der Waals surface area (Å²) in [6.45, 7) is 0. The van der Waals surface area contributed by atoms with Gasteiger partial charge in [-0.15, -0.1) is 0 Å². The van der Waals surface area contributed by atoms with E-state index in [2.05, 4.69) is 4.74 Å². The van der Waals surface area contributed by atoms with Crippen molar-refractivity contribution < 1.29 is 14.3 Å². The van der Waals surface area contributed by atoms with E-state index < -0.39 is 0 Å². The number of hydrogen-bond acceptors (Lipinski definition) is 3. The molecule has 1 aliphatic rings. The fourth-order valence-electron chi connectivity index (χ4n) is 1.18. The normalized spacial score (nSPS) is 20.4. The fourth-order valence-corrected chi connectivity index (χ4v) is 1.18. The Bertz CT molecular complexity index is 263. The molecule has 13 heavy (non-hydrogen) atoms. The lowest BCUT2D eigenvalue weighted by atomic mass is 9.94. The standard InChI is InChI=1S/C10H12O3/c1-13-10(12)7-6-8-4-2-3-5-9(8)11/h2-5,8H,6-7H2,1H3. The molecule has 1 aliphatic carbocycles. The number of carbonyl (C=O) groups excluding carboxylic acids is 2. The zero-order valence-corrected chi connectivity index (χ0v) is 7.53. The fraction of sp³-hybridized carbons (Fsp3) is 0.400. The smallest absolute Gasteiger partial charge is 0.305 e. The van der Waals surface area contributed by atoms with Crippen LogP contribution in [0.3, 0.4) is 0 Å². The highest BCUT2D eigenvalue weighted by molar-refractivity contribution is 5.94. The molecule has 0 heterocycles. The molecule has 1 atom stereocenters. The Kier molecular flexibility index (Phi) is 3.43. The second-order valence-electron chi connectivity index (χ2n) is 2.87. The highest BCUT2D eigenvalue weighted by Gasteiger charge is 2.15. The van der Waals surface area contributed by atoms with E-state index in [1.807, 2.05) is 12.2 Å². The molecule has 0 saturated carbocycles. The summed E-state index contributed by atoms with van der Waals surface area (Å²) in [6, 6.07) is 0. The van der Waals surface area contributed by atoms with Crippen molar-refractivity contribution in [1.29, 1.82) is 0 Å². The summed E-state index contributed by atoms with van der Waals surface area (Å²) >= 11 is 0. The van der Waals surface area contributed by atoms with Gasteiger partial charge in [0, 0.05) is 12.3 Å². The molecular weight excluding hydrogens is 168 g/mol. The van der Waals surface area contributed by atoms with Gasteiger partial charge in [0.25, 0.3) is 0 Å². The average Bonchev–Trinajstić information content (AvgIpc) is 2.16. The van der Waals surface area contributed by atoms with Gasteiger partial charge in [0.2, 0.25) is 0 Å². The van der Waals surface area contributed by atoms with Crippen LogP contribution in [0.2, 0.25) is 0 Å². The van der Waals surface area contributed by atoms with E-state index in [9.17, 15) is 9.59 Å². The van der Waals surface area contributed by atoms with Crippen molar-refractivity contribution in [3.05, 3.63) is 24.3 Å². The Morgan fingerprint density at radius 3 is 2.92 bits per heavy atom. The van der Waals surface area contributed by atoms with Crippen LogP contribution in [0.25, 0.3) is 0 Å². The zero-order chi connectivity index (χ0) is 9.68. The first-order valence-corrected chi connectivity index (χ1v) is 4.19. The van der Waals surface area contributed by atoms with Gasteiger partial charge in [0.1, 0.15) is 0 Å². The molecule has 1 unspecified atom stereocenters. The second kappa shape index (κ2) is 4.60. The predicted molar refractivity (Wildman–Crippen MR) is 48.0 cm³/mol. The SMILES string of the molecule is COC(=O)CCC1C=CC=CC1=O. The van der Waals surface area contributed by atoms with Crippen molar-refractivity contribution in [1.82, 2.24) is 0 Å². The van der Waals surface area contributed by atoms with Gasteiger partial charge in [0.05, 0.1) is 7.11 Å². The van der Waals surface area contributed by atoms with E-state index in [4.69, 9.17) is 0 Å². The monoisotopic (exact) mass is 180 g/mol. The first kappa shape index (κ1) is 9.71. The summed E-state index contributed by atoms with van der Waals surface area (Å²) in [7, 11) is 1.35. The van der Waals surface area contributed by atoms with Crippen LogP contribution in [-0.4, -0.2) is 18.9 Å². The Balaban J connectivity index is 2.37. The Morgan fingerprint density at radius 1 is 1.54 bits per heavy atom. The first-order valence-electron chi connectivity index (χ1n) is 4.19. The molecule has 0 aromatic heterocycles. The summed E-state index contributed by atoms with van der Waals surface area (Å²) in [4.78, 5) is 22.0. The summed E-state index contributed by atoms with van der Waals surface area (Å²) in [5.41, 5.74) is 0. The van der Waals surface area contributed by atoms with Crippen molar-refractivity contribution in [2.24, 2.45) is 5.92 Å². The molecule has 0 radical (unpaired) electrons. The summed E-state index contributed by atoms with van der Waals surface area (Å²) in [5, 5.41) is 0. The Morgan fingerprint density at radius 2 is 2.31 bits per heavy atom. The van der Waals surface area contributed by atoms with Gasteiger partial charge in [-0.1, -0.05) is 18.2 Å². The molecule has 70 valence electrons. The molecule has 0 aromatic rings. The topological polar surface area (TPSA) is 43.4 Å². The van der Waals surface area contributed by atoms with E-state index >= 15 is 0 Å². The highest BCUT2D eigenvalue weighted by atomic mass is 16.5. The van der Waals surface area contributed by atoms with Gasteiger partial charge >= 0.3 is 5.97 Å². The van der Waals surface area contributed by atoms with E-state index in [-0.39, 0.29) is 17.7 Å². The molecule has 0 N–H and O–H groups in total. The number of methoxy groups -OCH3 is 1. The van der Waals surface area contributed by atoms with Crippen LogP contribution in [0.4, 0.5) is 0 Å². The molecule has 0 bridgehead atoms. The molecule has 0 fully saturated rings. The lowest BCUT2D eigenvalue weighted by Gasteiger charge is -2.09. The van der Waals surface area contributed by atoms with Crippen molar-refractivity contribution in [3.63, 3.8) is 0 Å². The molecular formula is C10H12O3. The van der Waals surface area contributed by atoms with Gasteiger partial charge in [-0.05, 0) is 12.5 Å². The molecule has 3 heteroatoms. The summed E-state index contributed by atoms with van der Waals surface area (Å²) < 4.78 is 4.48. The minimum Gasteiger partial charge on any atom is -0.469 e. The summed E-state index contributed by atoms with van der Waals surface area (Å²) in [5.74, 6) is -0.355. The molecule has 0 aromatic carbocycles. The van der Waals surface area contributed by atoms with Gasteiger partial charge in [-0.3, -0.25) is 9.59 Å². The van der Waals surface area contributed by atoms with Gasteiger partial charge in [-0.25, -0.2) is 0 Å². The van der Waals surface area contributed by atoms with Crippen molar-refractivity contribution >= 4 is 11.8 Å². The highest BCUT2D eigenvalue weighted by Crippen LogP contribution is 2.14. The van der Waals surface area contributed by atoms with E-state index in [0.717, 1.165) is 0 Å². The number of rotatable bonds is 3. The molecule has 1 rings (SSSR count). The van der Waals surface area contributed by atoms with Crippen molar-refractivity contribution in [3.8, 4) is 0 Å². The maximum absolute atomic E-state index is 11.2. The van der Waals surface area contributed by atoms with Crippen LogP contribution in [-0.2, 0) is 14.3 Å². The second-order valence-corrected chi connectivity index (χ2v) is 2.87. The molecule has 0 aliphatic heterocycles. The molecule has 0 amide bonds. The predicted octanol–water partition coefficient (Wildman–Crippen LogP) is 1.25. The van der Waals surface area contributed by atoms with Gasteiger partial charge in [0.15, 0.2) is 5.78 Å². The van der Waals surface area contributed by atoms with Crippen LogP contribution < -0.4 is 0 Å². The maximum Gasteiger partial charge on any atom is 0.305 e. The van der Waals surface area contributed by atoms with Gasteiger partial charge in [-0.2, -0.15) is 0 Å². The molecule has 3 nitrogen and oxygen atoms in total.